The van der Waals surface area contributed by atoms with Crippen LogP contribution in [0.2, 0.25) is 0 Å². The number of aromatic nitrogens is 1. The number of hydrogen-bond donors (Lipinski definition) is 1. The van der Waals surface area contributed by atoms with Crippen LogP contribution >= 0.6 is 11.3 Å². The molecule has 0 atom stereocenters. The highest BCUT2D eigenvalue weighted by molar-refractivity contribution is 7.15. The highest BCUT2D eigenvalue weighted by Crippen LogP contribution is 2.37. The Labute approximate surface area is 121 Å². The summed E-state index contributed by atoms with van der Waals surface area (Å²) >= 11 is 1.46. The molecule has 0 radical (unpaired) electrons. The van der Waals surface area contributed by atoms with Gasteiger partial charge in [-0.1, -0.05) is 0 Å². The first-order chi connectivity index (χ1) is 9.56. The topological polar surface area (TPSA) is 68.5 Å². The van der Waals surface area contributed by atoms with E-state index in [1.807, 2.05) is 25.1 Å². The van der Waals surface area contributed by atoms with Gasteiger partial charge < -0.3 is 15.4 Å². The average Bonchev–Trinajstić information content (AvgIpc) is 2.76. The van der Waals surface area contributed by atoms with Gasteiger partial charge in [-0.3, -0.25) is 4.79 Å². The molecule has 6 heteroatoms. The van der Waals surface area contributed by atoms with Gasteiger partial charge in [-0.05, 0) is 25.1 Å². The standard InChI is InChI=1S/C14H15N3O2S/c1-8-13(16-14(15)20-8)10-3-4-12-11(7-10)17(9(2)18)5-6-19-12/h3-4,7H,5-6H2,1-2H3,(H2,15,16). The van der Waals surface area contributed by atoms with E-state index in [1.54, 1.807) is 11.8 Å². The molecule has 1 amide bonds. The van der Waals surface area contributed by atoms with E-state index >= 15 is 0 Å². The van der Waals surface area contributed by atoms with Gasteiger partial charge in [0.15, 0.2) is 5.13 Å². The molecule has 2 N–H and O–H groups in total. The van der Waals surface area contributed by atoms with Crippen LogP contribution in [-0.4, -0.2) is 24.0 Å². The summed E-state index contributed by atoms with van der Waals surface area (Å²) in [5.74, 6) is 0.747. The van der Waals surface area contributed by atoms with Gasteiger partial charge in [0, 0.05) is 17.4 Å². The van der Waals surface area contributed by atoms with Crippen molar-refractivity contribution in [3.8, 4) is 17.0 Å². The molecule has 0 saturated heterocycles. The predicted molar refractivity (Wildman–Crippen MR) is 80.2 cm³/mol. The molecule has 1 aliphatic rings. The SMILES string of the molecule is CC(=O)N1CCOc2ccc(-c3nc(N)sc3C)cc21. The number of thiazole rings is 1. The van der Waals surface area contributed by atoms with E-state index in [0.29, 0.717) is 18.3 Å². The summed E-state index contributed by atoms with van der Waals surface area (Å²) in [7, 11) is 0. The molecule has 1 aliphatic heterocycles. The molecule has 0 saturated carbocycles. The summed E-state index contributed by atoms with van der Waals surface area (Å²) in [6.45, 7) is 4.65. The Kier molecular flexibility index (Phi) is 3.10. The number of carbonyl (C=O) groups excluding carboxylic acids is 1. The second-order valence-corrected chi connectivity index (χ2v) is 5.89. The molecule has 1 aromatic carbocycles. The van der Waals surface area contributed by atoms with Crippen molar-refractivity contribution in [2.75, 3.05) is 23.8 Å². The number of carbonyl (C=O) groups is 1. The van der Waals surface area contributed by atoms with Gasteiger partial charge in [0.25, 0.3) is 0 Å². The van der Waals surface area contributed by atoms with Crippen LogP contribution in [0, 0.1) is 6.92 Å². The zero-order valence-corrected chi connectivity index (χ0v) is 12.2. The summed E-state index contributed by atoms with van der Waals surface area (Å²) in [5.41, 5.74) is 8.36. The van der Waals surface area contributed by atoms with Crippen molar-refractivity contribution in [2.24, 2.45) is 0 Å². The molecule has 104 valence electrons. The van der Waals surface area contributed by atoms with Crippen molar-refractivity contribution in [3.63, 3.8) is 0 Å². The third-order valence-electron chi connectivity index (χ3n) is 3.29. The van der Waals surface area contributed by atoms with Gasteiger partial charge in [-0.2, -0.15) is 0 Å². The number of anilines is 2. The van der Waals surface area contributed by atoms with E-state index < -0.39 is 0 Å². The van der Waals surface area contributed by atoms with Gasteiger partial charge in [0.2, 0.25) is 5.91 Å². The van der Waals surface area contributed by atoms with E-state index in [4.69, 9.17) is 10.5 Å². The molecule has 0 aliphatic carbocycles. The van der Waals surface area contributed by atoms with E-state index in [9.17, 15) is 4.79 Å². The summed E-state index contributed by atoms with van der Waals surface area (Å²) in [4.78, 5) is 18.9. The second-order valence-electron chi connectivity index (χ2n) is 4.66. The number of nitrogens with zero attached hydrogens (tertiary/aromatic N) is 2. The molecular weight excluding hydrogens is 274 g/mol. The van der Waals surface area contributed by atoms with Gasteiger partial charge in [0.05, 0.1) is 17.9 Å². The van der Waals surface area contributed by atoms with Crippen LogP contribution in [0.15, 0.2) is 18.2 Å². The molecule has 0 bridgehead atoms. The zero-order valence-electron chi connectivity index (χ0n) is 11.3. The van der Waals surface area contributed by atoms with Crippen LogP contribution in [0.5, 0.6) is 5.75 Å². The predicted octanol–water partition coefficient (Wildman–Crippen LogP) is 2.45. The molecule has 1 aromatic heterocycles. The fourth-order valence-electron chi connectivity index (χ4n) is 2.38. The van der Waals surface area contributed by atoms with Gasteiger partial charge in [-0.25, -0.2) is 4.98 Å². The molecule has 0 fully saturated rings. The lowest BCUT2D eigenvalue weighted by Crippen LogP contribution is -2.36. The summed E-state index contributed by atoms with van der Waals surface area (Å²) in [5, 5.41) is 0.551. The van der Waals surface area contributed by atoms with Crippen molar-refractivity contribution in [2.45, 2.75) is 13.8 Å². The van der Waals surface area contributed by atoms with E-state index in [0.717, 1.165) is 27.6 Å². The smallest absolute Gasteiger partial charge is 0.224 e. The number of benzene rings is 1. The van der Waals surface area contributed by atoms with Crippen LogP contribution in [0.25, 0.3) is 11.3 Å². The van der Waals surface area contributed by atoms with Crippen molar-refractivity contribution < 1.29 is 9.53 Å². The van der Waals surface area contributed by atoms with Crippen molar-refractivity contribution in [3.05, 3.63) is 23.1 Å². The maximum atomic E-state index is 11.7. The molecule has 20 heavy (non-hydrogen) atoms. The molecule has 0 spiro atoms. The maximum Gasteiger partial charge on any atom is 0.224 e. The van der Waals surface area contributed by atoms with E-state index in [1.165, 1.54) is 11.3 Å². The van der Waals surface area contributed by atoms with Crippen LogP contribution < -0.4 is 15.4 Å². The van der Waals surface area contributed by atoms with Gasteiger partial charge >= 0.3 is 0 Å². The lowest BCUT2D eigenvalue weighted by atomic mass is 10.1. The third kappa shape index (κ3) is 2.12. The first-order valence-electron chi connectivity index (χ1n) is 6.34. The Morgan fingerprint density at radius 3 is 2.95 bits per heavy atom. The molecule has 2 aromatic rings. The van der Waals surface area contributed by atoms with Gasteiger partial charge in [-0.15, -0.1) is 11.3 Å². The Hall–Kier alpha value is -2.08. The Morgan fingerprint density at radius 1 is 1.50 bits per heavy atom. The van der Waals surface area contributed by atoms with Crippen LogP contribution in [0.1, 0.15) is 11.8 Å². The molecule has 2 heterocycles. The zero-order chi connectivity index (χ0) is 14.3. The molecular formula is C14H15N3O2S. The van der Waals surface area contributed by atoms with E-state index in [-0.39, 0.29) is 5.91 Å². The normalized spacial score (nSPS) is 13.8. The second kappa shape index (κ2) is 4.79. The monoisotopic (exact) mass is 289 g/mol. The number of nitrogen functional groups attached to an aromatic ring is 1. The number of amides is 1. The quantitative estimate of drug-likeness (QED) is 0.875. The highest BCUT2D eigenvalue weighted by atomic mass is 32.1. The van der Waals surface area contributed by atoms with Crippen molar-refractivity contribution in [1.29, 1.82) is 0 Å². The number of ether oxygens (including phenoxy) is 1. The number of rotatable bonds is 1. The number of nitrogens with two attached hydrogens (primary N) is 1. The molecule has 0 unspecified atom stereocenters. The summed E-state index contributed by atoms with van der Waals surface area (Å²) < 4.78 is 5.59. The Morgan fingerprint density at radius 2 is 2.30 bits per heavy atom. The van der Waals surface area contributed by atoms with Crippen molar-refractivity contribution >= 4 is 28.1 Å². The lowest BCUT2D eigenvalue weighted by Gasteiger charge is -2.29. The summed E-state index contributed by atoms with van der Waals surface area (Å²) in [6.07, 6.45) is 0. The minimum Gasteiger partial charge on any atom is -0.490 e. The largest absolute Gasteiger partial charge is 0.490 e. The minimum atomic E-state index is 0.0150. The van der Waals surface area contributed by atoms with Crippen LogP contribution in [-0.2, 0) is 4.79 Å². The van der Waals surface area contributed by atoms with Crippen LogP contribution in [0.3, 0.4) is 0 Å². The lowest BCUT2D eigenvalue weighted by molar-refractivity contribution is -0.116. The van der Waals surface area contributed by atoms with E-state index in [2.05, 4.69) is 4.98 Å². The van der Waals surface area contributed by atoms with Crippen molar-refractivity contribution in [1.82, 2.24) is 4.98 Å². The fourth-order valence-corrected chi connectivity index (χ4v) is 3.09. The highest BCUT2D eigenvalue weighted by Gasteiger charge is 2.22. The Balaban J connectivity index is 2.10. The van der Waals surface area contributed by atoms with Crippen LogP contribution in [0.4, 0.5) is 10.8 Å². The van der Waals surface area contributed by atoms with Gasteiger partial charge in [0.1, 0.15) is 12.4 Å². The number of hydrogen-bond acceptors (Lipinski definition) is 5. The minimum absolute atomic E-state index is 0.0150. The maximum absolute atomic E-state index is 11.7. The fraction of sp³-hybridized carbons (Fsp3) is 0.286. The molecule has 3 rings (SSSR count). The number of fused-ring (bicyclic) bond motifs is 1. The Bertz CT molecular complexity index is 681. The summed E-state index contributed by atoms with van der Waals surface area (Å²) in [6, 6.07) is 5.77. The number of aryl methyl sites for hydroxylation is 1. The third-order valence-corrected chi connectivity index (χ3v) is 4.09. The molecule has 5 nitrogen and oxygen atoms in total. The average molecular weight is 289 g/mol. The first kappa shape index (κ1) is 12.9. The first-order valence-corrected chi connectivity index (χ1v) is 7.16.